The van der Waals surface area contributed by atoms with Crippen molar-refractivity contribution >= 4 is 28.3 Å². The number of nitrogens with one attached hydrogen (secondary N) is 1. The molecule has 0 spiro atoms. The Hall–Kier alpha value is -1.22. The van der Waals surface area contributed by atoms with Crippen LogP contribution in [0.2, 0.25) is 5.02 Å². The number of hydrogen-bond acceptors (Lipinski definition) is 2. The van der Waals surface area contributed by atoms with Crippen LogP contribution in [0, 0.1) is 0 Å². The molecular weight excluding hydrogens is 210 g/mol. The molecule has 1 aromatic heterocycles. The van der Waals surface area contributed by atoms with Crippen molar-refractivity contribution < 1.29 is 0 Å². The molecule has 1 heterocycles. The molecule has 3 nitrogen and oxygen atoms in total. The number of H-pyrrole nitrogens is 1. The van der Waals surface area contributed by atoms with E-state index in [0.717, 1.165) is 34.8 Å². The molecule has 1 aromatic carbocycles. The lowest BCUT2D eigenvalue weighted by Gasteiger charge is -2.22. The smallest absolute Gasteiger partial charge is 0.0931 e. The molecular formula is C11H14ClN3. The standard InChI is InChI=1S/C11H14ClN3/c1-3-15(4-2)11-6-10-9(5-8(11)12)13-7-14-10/h5-7H,3-4H2,1-2H3,(H,13,14). The Morgan fingerprint density at radius 2 is 2.07 bits per heavy atom. The Bertz CT molecular complexity index is 460. The van der Waals surface area contributed by atoms with E-state index >= 15 is 0 Å². The van der Waals surface area contributed by atoms with Crippen LogP contribution in [-0.4, -0.2) is 23.1 Å². The van der Waals surface area contributed by atoms with Crippen molar-refractivity contribution in [3.8, 4) is 0 Å². The van der Waals surface area contributed by atoms with Crippen LogP contribution in [0.3, 0.4) is 0 Å². The number of nitrogens with zero attached hydrogens (tertiary/aromatic N) is 2. The molecule has 0 aliphatic carbocycles. The molecule has 0 amide bonds. The summed E-state index contributed by atoms with van der Waals surface area (Å²) in [5.41, 5.74) is 3.00. The molecule has 0 fully saturated rings. The van der Waals surface area contributed by atoms with E-state index in [0.29, 0.717) is 0 Å². The van der Waals surface area contributed by atoms with Crippen molar-refractivity contribution in [3.63, 3.8) is 0 Å². The Kier molecular flexibility index (Phi) is 2.82. The number of halogens is 1. The van der Waals surface area contributed by atoms with Gasteiger partial charge >= 0.3 is 0 Å². The van der Waals surface area contributed by atoms with Gasteiger partial charge in [0, 0.05) is 13.1 Å². The molecule has 0 aliphatic heterocycles. The van der Waals surface area contributed by atoms with Crippen molar-refractivity contribution in [2.75, 3.05) is 18.0 Å². The topological polar surface area (TPSA) is 31.9 Å². The summed E-state index contributed by atoms with van der Waals surface area (Å²) in [6.07, 6.45) is 1.69. The number of anilines is 1. The van der Waals surface area contributed by atoms with Crippen LogP contribution in [0.15, 0.2) is 18.5 Å². The highest BCUT2D eigenvalue weighted by Gasteiger charge is 2.09. The van der Waals surface area contributed by atoms with E-state index in [-0.39, 0.29) is 0 Å². The Morgan fingerprint density at radius 1 is 1.33 bits per heavy atom. The van der Waals surface area contributed by atoms with E-state index in [2.05, 4.69) is 28.7 Å². The van der Waals surface area contributed by atoms with Gasteiger partial charge in [0.05, 0.1) is 28.1 Å². The monoisotopic (exact) mass is 223 g/mol. The molecule has 2 aromatic rings. The predicted octanol–water partition coefficient (Wildman–Crippen LogP) is 3.06. The number of fused-ring (bicyclic) bond motifs is 1. The van der Waals surface area contributed by atoms with Gasteiger partial charge in [-0.1, -0.05) is 11.6 Å². The van der Waals surface area contributed by atoms with Gasteiger partial charge in [-0.2, -0.15) is 0 Å². The van der Waals surface area contributed by atoms with E-state index in [9.17, 15) is 0 Å². The van der Waals surface area contributed by atoms with Gasteiger partial charge in [0.1, 0.15) is 0 Å². The van der Waals surface area contributed by atoms with E-state index in [1.165, 1.54) is 0 Å². The van der Waals surface area contributed by atoms with Crippen molar-refractivity contribution in [1.29, 1.82) is 0 Å². The third-order valence-electron chi connectivity index (χ3n) is 2.59. The lowest BCUT2D eigenvalue weighted by atomic mass is 10.2. The van der Waals surface area contributed by atoms with Crippen LogP contribution >= 0.6 is 11.6 Å². The van der Waals surface area contributed by atoms with Crippen molar-refractivity contribution in [3.05, 3.63) is 23.5 Å². The third-order valence-corrected chi connectivity index (χ3v) is 2.90. The second-order valence-corrected chi connectivity index (χ2v) is 3.80. The second-order valence-electron chi connectivity index (χ2n) is 3.40. The lowest BCUT2D eigenvalue weighted by molar-refractivity contribution is 0.867. The molecule has 0 radical (unpaired) electrons. The normalized spacial score (nSPS) is 10.9. The minimum absolute atomic E-state index is 0.774. The number of aromatic amines is 1. The Morgan fingerprint density at radius 3 is 2.73 bits per heavy atom. The maximum atomic E-state index is 6.22. The van der Waals surface area contributed by atoms with E-state index in [1.807, 2.05) is 12.1 Å². The zero-order valence-electron chi connectivity index (χ0n) is 8.92. The average Bonchev–Trinajstić information content (AvgIpc) is 2.67. The van der Waals surface area contributed by atoms with Gasteiger partial charge in [0.2, 0.25) is 0 Å². The van der Waals surface area contributed by atoms with E-state index < -0.39 is 0 Å². The zero-order chi connectivity index (χ0) is 10.8. The molecule has 2 rings (SSSR count). The van der Waals surface area contributed by atoms with Gasteiger partial charge in [-0.3, -0.25) is 0 Å². The summed E-state index contributed by atoms with van der Waals surface area (Å²) in [6.45, 7) is 6.14. The van der Waals surface area contributed by atoms with Gasteiger partial charge in [0.15, 0.2) is 0 Å². The zero-order valence-corrected chi connectivity index (χ0v) is 9.67. The molecule has 15 heavy (non-hydrogen) atoms. The largest absolute Gasteiger partial charge is 0.371 e. The molecule has 0 atom stereocenters. The molecule has 0 saturated carbocycles. The molecule has 4 heteroatoms. The van der Waals surface area contributed by atoms with Crippen LogP contribution in [-0.2, 0) is 0 Å². The first-order valence-corrected chi connectivity index (χ1v) is 5.51. The summed E-state index contributed by atoms with van der Waals surface area (Å²) in [7, 11) is 0. The number of benzene rings is 1. The number of aromatic nitrogens is 2. The van der Waals surface area contributed by atoms with Crippen molar-refractivity contribution in [2.24, 2.45) is 0 Å². The lowest BCUT2D eigenvalue weighted by Crippen LogP contribution is -2.22. The third kappa shape index (κ3) is 1.79. The van der Waals surface area contributed by atoms with E-state index in [4.69, 9.17) is 11.6 Å². The quantitative estimate of drug-likeness (QED) is 0.868. The summed E-state index contributed by atoms with van der Waals surface area (Å²) < 4.78 is 0. The van der Waals surface area contributed by atoms with Crippen LogP contribution < -0.4 is 4.90 Å². The maximum absolute atomic E-state index is 6.22. The second kappa shape index (κ2) is 4.11. The summed E-state index contributed by atoms with van der Waals surface area (Å²) >= 11 is 6.22. The Balaban J connectivity index is 2.53. The van der Waals surface area contributed by atoms with Crippen LogP contribution in [0.1, 0.15) is 13.8 Å². The average molecular weight is 224 g/mol. The highest BCUT2D eigenvalue weighted by Crippen LogP contribution is 2.29. The van der Waals surface area contributed by atoms with Gasteiger partial charge < -0.3 is 9.88 Å². The highest BCUT2D eigenvalue weighted by atomic mass is 35.5. The minimum Gasteiger partial charge on any atom is -0.371 e. The van der Waals surface area contributed by atoms with Crippen LogP contribution in [0.5, 0.6) is 0 Å². The molecule has 0 aliphatic rings. The van der Waals surface area contributed by atoms with E-state index in [1.54, 1.807) is 6.33 Å². The summed E-state index contributed by atoms with van der Waals surface area (Å²) in [5, 5.41) is 0.774. The first-order valence-electron chi connectivity index (χ1n) is 5.13. The van der Waals surface area contributed by atoms with Crippen LogP contribution in [0.25, 0.3) is 11.0 Å². The SMILES string of the molecule is CCN(CC)c1cc2nc[nH]c2cc1Cl. The predicted molar refractivity (Wildman–Crippen MR) is 64.7 cm³/mol. The fraction of sp³-hybridized carbons (Fsp3) is 0.364. The van der Waals surface area contributed by atoms with Gasteiger partial charge in [0.25, 0.3) is 0 Å². The van der Waals surface area contributed by atoms with Gasteiger partial charge in [-0.25, -0.2) is 4.98 Å². The number of rotatable bonds is 3. The van der Waals surface area contributed by atoms with Crippen molar-refractivity contribution in [2.45, 2.75) is 13.8 Å². The van der Waals surface area contributed by atoms with Crippen LogP contribution in [0.4, 0.5) is 5.69 Å². The molecule has 0 unspecified atom stereocenters. The fourth-order valence-electron chi connectivity index (χ4n) is 1.75. The van der Waals surface area contributed by atoms with Gasteiger partial charge in [-0.15, -0.1) is 0 Å². The molecule has 80 valence electrons. The number of imidazole rings is 1. The fourth-order valence-corrected chi connectivity index (χ4v) is 2.03. The highest BCUT2D eigenvalue weighted by molar-refractivity contribution is 6.34. The summed E-state index contributed by atoms with van der Waals surface area (Å²) in [4.78, 5) is 9.50. The Labute approximate surface area is 94.1 Å². The molecule has 0 bridgehead atoms. The van der Waals surface area contributed by atoms with Gasteiger partial charge in [-0.05, 0) is 26.0 Å². The first-order chi connectivity index (χ1) is 7.26. The maximum Gasteiger partial charge on any atom is 0.0931 e. The molecule has 1 N–H and O–H groups in total. The molecule has 0 saturated heterocycles. The minimum atomic E-state index is 0.774. The summed E-state index contributed by atoms with van der Waals surface area (Å²) in [5.74, 6) is 0. The van der Waals surface area contributed by atoms with Crippen molar-refractivity contribution in [1.82, 2.24) is 9.97 Å². The number of hydrogen-bond donors (Lipinski definition) is 1. The first kappa shape index (κ1) is 10.3. The summed E-state index contributed by atoms with van der Waals surface area (Å²) in [6, 6.07) is 3.96.